The number of hydrogen-bond acceptors (Lipinski definition) is 5. The minimum Gasteiger partial charge on any atom is -0.496 e. The molecule has 0 radical (unpaired) electrons. The average molecular weight is 480 g/mol. The van der Waals surface area contributed by atoms with E-state index in [4.69, 9.17) is 4.74 Å². The Kier molecular flexibility index (Phi) is 8.16. The van der Waals surface area contributed by atoms with Crippen LogP contribution in [0.25, 0.3) is 10.2 Å². The van der Waals surface area contributed by atoms with Crippen LogP contribution in [0.3, 0.4) is 0 Å². The molecule has 6 nitrogen and oxygen atoms in total. The first kappa shape index (κ1) is 24.2. The molecule has 1 saturated heterocycles. The Hall–Kier alpha value is -2.93. The van der Waals surface area contributed by atoms with Crippen LogP contribution in [0.15, 0.2) is 48.5 Å². The molecule has 180 valence electrons. The highest BCUT2D eigenvalue weighted by Gasteiger charge is 2.41. The first-order valence-corrected chi connectivity index (χ1v) is 13.0. The lowest BCUT2D eigenvalue weighted by Gasteiger charge is -2.41. The number of benzene rings is 2. The molecule has 1 aliphatic rings. The molecular formula is C27H33N3O3S. The van der Waals surface area contributed by atoms with Crippen LogP contribution in [0.2, 0.25) is 0 Å². The molecule has 3 aromatic rings. The third kappa shape index (κ3) is 5.41. The molecule has 34 heavy (non-hydrogen) atoms. The van der Waals surface area contributed by atoms with Crippen molar-refractivity contribution < 1.29 is 14.3 Å². The number of amides is 2. The Labute approximate surface area is 205 Å². The van der Waals surface area contributed by atoms with Crippen LogP contribution in [0, 0.1) is 5.92 Å². The molecule has 0 bridgehead atoms. The normalized spacial score (nSPS) is 18.3. The lowest BCUT2D eigenvalue weighted by Crippen LogP contribution is -2.48. The van der Waals surface area contributed by atoms with Gasteiger partial charge in [-0.15, -0.1) is 11.3 Å². The van der Waals surface area contributed by atoms with Crippen LogP contribution in [-0.4, -0.2) is 41.9 Å². The van der Waals surface area contributed by atoms with E-state index in [0.717, 1.165) is 47.5 Å². The Bertz CT molecular complexity index is 1100. The average Bonchev–Trinajstić information content (AvgIpc) is 3.28. The van der Waals surface area contributed by atoms with E-state index in [2.05, 4.69) is 23.3 Å². The summed E-state index contributed by atoms with van der Waals surface area (Å²) in [6.07, 6.45) is 4.52. The zero-order valence-electron chi connectivity index (χ0n) is 20.0. The maximum Gasteiger partial charge on any atom is 0.225 e. The van der Waals surface area contributed by atoms with E-state index >= 15 is 0 Å². The number of unbranched alkanes of at least 4 members (excludes halogenated alkanes) is 1. The molecule has 0 spiro atoms. The Balaban J connectivity index is 1.44. The minimum absolute atomic E-state index is 0.00852. The molecule has 1 N–H and O–H groups in total. The fourth-order valence-electron chi connectivity index (χ4n) is 4.72. The van der Waals surface area contributed by atoms with Gasteiger partial charge in [-0.1, -0.05) is 43.7 Å². The topological polar surface area (TPSA) is 71.5 Å². The summed E-state index contributed by atoms with van der Waals surface area (Å²) in [5, 5.41) is 4.24. The third-order valence-corrected chi connectivity index (χ3v) is 7.55. The Morgan fingerprint density at radius 2 is 1.97 bits per heavy atom. The van der Waals surface area contributed by atoms with Gasteiger partial charge in [0.05, 0.1) is 34.3 Å². The summed E-state index contributed by atoms with van der Waals surface area (Å²) in [7, 11) is 1.64. The molecule has 2 atom stereocenters. The molecule has 1 aromatic heterocycles. The number of aromatic nitrogens is 1. The van der Waals surface area contributed by atoms with Gasteiger partial charge in [0.15, 0.2) is 0 Å². The molecule has 4 rings (SSSR count). The zero-order valence-corrected chi connectivity index (χ0v) is 20.8. The second kappa shape index (κ2) is 11.5. The SMILES string of the molecule is CCCCN1C(=O)CCC(C(=O)NCCCc2nc3ccccc3s2)C1c1ccccc1OC. The van der Waals surface area contributed by atoms with Crippen LogP contribution in [0.4, 0.5) is 0 Å². The molecule has 7 heteroatoms. The van der Waals surface area contributed by atoms with Gasteiger partial charge >= 0.3 is 0 Å². The van der Waals surface area contributed by atoms with Gasteiger partial charge in [0, 0.05) is 31.5 Å². The van der Waals surface area contributed by atoms with Crippen molar-refractivity contribution in [2.24, 2.45) is 5.92 Å². The van der Waals surface area contributed by atoms with Gasteiger partial charge in [-0.2, -0.15) is 0 Å². The second-order valence-corrected chi connectivity index (χ2v) is 9.86. The van der Waals surface area contributed by atoms with Gasteiger partial charge in [-0.05, 0) is 37.5 Å². The fourth-order valence-corrected chi connectivity index (χ4v) is 5.73. The van der Waals surface area contributed by atoms with Crippen molar-refractivity contribution in [2.75, 3.05) is 20.2 Å². The van der Waals surface area contributed by atoms with Gasteiger partial charge in [0.25, 0.3) is 0 Å². The summed E-state index contributed by atoms with van der Waals surface area (Å²) in [6.45, 7) is 3.36. The highest BCUT2D eigenvalue weighted by molar-refractivity contribution is 7.18. The van der Waals surface area contributed by atoms with Crippen molar-refractivity contribution in [3.63, 3.8) is 0 Å². The first-order chi connectivity index (χ1) is 16.6. The quantitative estimate of drug-likeness (QED) is 0.409. The van der Waals surface area contributed by atoms with E-state index < -0.39 is 0 Å². The fraction of sp³-hybridized carbons (Fsp3) is 0.444. The predicted molar refractivity (Wildman–Crippen MR) is 136 cm³/mol. The number of rotatable bonds is 10. The third-order valence-electron chi connectivity index (χ3n) is 6.46. The van der Waals surface area contributed by atoms with E-state index in [1.165, 1.54) is 4.70 Å². The van der Waals surface area contributed by atoms with Crippen LogP contribution < -0.4 is 10.1 Å². The van der Waals surface area contributed by atoms with E-state index in [1.54, 1.807) is 18.4 Å². The summed E-state index contributed by atoms with van der Waals surface area (Å²) < 4.78 is 6.81. The number of thiazole rings is 1. The molecule has 2 amide bonds. The number of carbonyl (C=O) groups excluding carboxylic acids is 2. The lowest BCUT2D eigenvalue weighted by atomic mass is 9.83. The van der Waals surface area contributed by atoms with Gasteiger partial charge < -0.3 is 15.0 Å². The van der Waals surface area contributed by atoms with Gasteiger partial charge in [0.1, 0.15) is 5.75 Å². The van der Waals surface area contributed by atoms with Crippen molar-refractivity contribution in [3.8, 4) is 5.75 Å². The largest absolute Gasteiger partial charge is 0.496 e. The molecule has 1 fully saturated rings. The number of para-hydroxylation sites is 2. The van der Waals surface area contributed by atoms with Gasteiger partial charge in [0.2, 0.25) is 11.8 Å². The first-order valence-electron chi connectivity index (χ1n) is 12.2. The maximum absolute atomic E-state index is 13.4. The van der Waals surface area contributed by atoms with Crippen molar-refractivity contribution in [3.05, 3.63) is 59.1 Å². The monoisotopic (exact) mass is 479 g/mol. The van der Waals surface area contributed by atoms with Gasteiger partial charge in [-0.3, -0.25) is 9.59 Å². The molecule has 2 heterocycles. The number of methoxy groups -OCH3 is 1. The van der Waals surface area contributed by atoms with Crippen LogP contribution in [0.5, 0.6) is 5.75 Å². The number of hydrogen-bond donors (Lipinski definition) is 1. The predicted octanol–water partition coefficient (Wildman–Crippen LogP) is 5.13. The van der Waals surface area contributed by atoms with E-state index in [1.807, 2.05) is 47.4 Å². The summed E-state index contributed by atoms with van der Waals surface area (Å²) in [5.74, 6) is 0.545. The molecule has 2 aromatic carbocycles. The second-order valence-electron chi connectivity index (χ2n) is 8.74. The van der Waals surface area contributed by atoms with Crippen molar-refractivity contribution in [2.45, 2.75) is 51.5 Å². The number of aryl methyl sites for hydroxylation is 1. The molecular weight excluding hydrogens is 446 g/mol. The Morgan fingerprint density at radius 3 is 2.76 bits per heavy atom. The standard InChI is InChI=1S/C27H33N3O3S/c1-3-4-18-30-25(31)16-15-20(26(30)19-10-5-7-12-22(19)33-2)27(32)28-17-9-14-24-29-21-11-6-8-13-23(21)34-24/h5-8,10-13,20,26H,3-4,9,14-18H2,1-2H3,(H,28,32). The van der Waals surface area contributed by atoms with Crippen LogP contribution >= 0.6 is 11.3 Å². The summed E-state index contributed by atoms with van der Waals surface area (Å²) >= 11 is 1.71. The van der Waals surface area contributed by atoms with Crippen molar-refractivity contribution in [1.29, 1.82) is 0 Å². The Morgan fingerprint density at radius 1 is 1.18 bits per heavy atom. The van der Waals surface area contributed by atoms with E-state index in [-0.39, 0.29) is 23.8 Å². The van der Waals surface area contributed by atoms with Crippen LogP contribution in [-0.2, 0) is 16.0 Å². The summed E-state index contributed by atoms with van der Waals surface area (Å²) in [5.41, 5.74) is 1.94. The molecule has 0 saturated carbocycles. The number of nitrogens with zero attached hydrogens (tertiary/aromatic N) is 2. The number of likely N-dealkylation sites (tertiary alicyclic amines) is 1. The van der Waals surface area contributed by atoms with E-state index in [9.17, 15) is 9.59 Å². The molecule has 1 aliphatic heterocycles. The molecule has 0 aliphatic carbocycles. The number of carbonyl (C=O) groups is 2. The number of nitrogens with one attached hydrogen (secondary N) is 1. The summed E-state index contributed by atoms with van der Waals surface area (Å²) in [4.78, 5) is 32.8. The molecule has 2 unspecified atom stereocenters. The van der Waals surface area contributed by atoms with E-state index in [0.29, 0.717) is 25.9 Å². The minimum atomic E-state index is -0.312. The number of ether oxygens (including phenoxy) is 1. The number of fused-ring (bicyclic) bond motifs is 1. The number of piperidine rings is 1. The lowest BCUT2D eigenvalue weighted by molar-refractivity contribution is -0.143. The van der Waals surface area contributed by atoms with Gasteiger partial charge in [-0.25, -0.2) is 4.98 Å². The van der Waals surface area contributed by atoms with Crippen LogP contribution in [0.1, 0.15) is 55.6 Å². The summed E-state index contributed by atoms with van der Waals surface area (Å²) in [6, 6.07) is 15.6. The highest BCUT2D eigenvalue weighted by atomic mass is 32.1. The maximum atomic E-state index is 13.4. The zero-order chi connectivity index (χ0) is 23.9. The van der Waals surface area contributed by atoms with Crippen molar-refractivity contribution >= 4 is 33.4 Å². The smallest absolute Gasteiger partial charge is 0.225 e. The highest BCUT2D eigenvalue weighted by Crippen LogP contribution is 2.40. The van der Waals surface area contributed by atoms with Crippen molar-refractivity contribution in [1.82, 2.24) is 15.2 Å².